The molecule has 35 heavy (non-hydrogen) atoms. The lowest BCUT2D eigenvalue weighted by Gasteiger charge is -2.35. The molecular weight excluding hydrogens is 432 g/mol. The van der Waals surface area contributed by atoms with Gasteiger partial charge in [-0.25, -0.2) is 4.79 Å². The standard InChI is InChI=1S/C31H38N2O2/c1-31(2,3)35-30(34)33(29-12-8-5-9-13-29)23-25-16-20-27(21-17-25)26-18-14-24(15-19-26)22-32-28-10-6-4-7-11-28/h4,6-7,10-11,14-21,29,32H,5,8-9,12-13,22-23H2,1-3H3. The van der Waals surface area contributed by atoms with Crippen LogP contribution in [0.15, 0.2) is 78.9 Å². The number of nitrogens with zero attached hydrogens (tertiary/aromatic N) is 1. The van der Waals surface area contributed by atoms with Crippen molar-refractivity contribution in [2.75, 3.05) is 5.32 Å². The molecule has 0 spiro atoms. The highest BCUT2D eigenvalue weighted by Crippen LogP contribution is 2.27. The number of para-hydroxylation sites is 1. The molecule has 4 nitrogen and oxygen atoms in total. The van der Waals surface area contributed by atoms with E-state index in [2.05, 4.69) is 66.0 Å². The molecule has 1 saturated carbocycles. The van der Waals surface area contributed by atoms with E-state index >= 15 is 0 Å². The molecule has 1 aliphatic rings. The summed E-state index contributed by atoms with van der Waals surface area (Å²) in [5.74, 6) is 0. The lowest BCUT2D eigenvalue weighted by Crippen LogP contribution is -2.43. The number of carbonyl (C=O) groups is 1. The van der Waals surface area contributed by atoms with Crippen LogP contribution in [-0.4, -0.2) is 22.6 Å². The van der Waals surface area contributed by atoms with E-state index in [1.165, 1.54) is 36.0 Å². The molecule has 0 heterocycles. The second-order valence-corrected chi connectivity index (χ2v) is 10.5. The molecule has 184 valence electrons. The Morgan fingerprint density at radius 2 is 1.40 bits per heavy atom. The minimum Gasteiger partial charge on any atom is -0.444 e. The van der Waals surface area contributed by atoms with Crippen molar-refractivity contribution in [3.05, 3.63) is 90.0 Å². The van der Waals surface area contributed by atoms with Gasteiger partial charge < -0.3 is 15.0 Å². The van der Waals surface area contributed by atoms with Crippen LogP contribution in [-0.2, 0) is 17.8 Å². The van der Waals surface area contributed by atoms with Gasteiger partial charge in [0.15, 0.2) is 0 Å². The zero-order valence-corrected chi connectivity index (χ0v) is 21.3. The number of amides is 1. The van der Waals surface area contributed by atoms with Crippen molar-refractivity contribution in [2.24, 2.45) is 0 Å². The fourth-order valence-electron chi connectivity index (χ4n) is 4.63. The van der Waals surface area contributed by atoms with E-state index in [0.717, 1.165) is 30.6 Å². The van der Waals surface area contributed by atoms with E-state index in [0.29, 0.717) is 6.54 Å². The van der Waals surface area contributed by atoms with Gasteiger partial charge in [-0.15, -0.1) is 0 Å². The van der Waals surface area contributed by atoms with Gasteiger partial charge in [0, 0.05) is 24.8 Å². The number of ether oxygens (including phenoxy) is 1. The van der Waals surface area contributed by atoms with E-state index in [1.54, 1.807) is 0 Å². The van der Waals surface area contributed by atoms with Gasteiger partial charge in [-0.3, -0.25) is 0 Å². The van der Waals surface area contributed by atoms with Gasteiger partial charge in [0.1, 0.15) is 5.60 Å². The van der Waals surface area contributed by atoms with E-state index in [-0.39, 0.29) is 12.1 Å². The summed E-state index contributed by atoms with van der Waals surface area (Å²) < 4.78 is 5.76. The van der Waals surface area contributed by atoms with Crippen LogP contribution in [0.25, 0.3) is 11.1 Å². The number of nitrogens with one attached hydrogen (secondary N) is 1. The average molecular weight is 471 g/mol. The van der Waals surface area contributed by atoms with Crippen LogP contribution < -0.4 is 5.32 Å². The van der Waals surface area contributed by atoms with Crippen molar-refractivity contribution in [3.63, 3.8) is 0 Å². The lowest BCUT2D eigenvalue weighted by molar-refractivity contribution is 0.00988. The van der Waals surface area contributed by atoms with Crippen molar-refractivity contribution >= 4 is 11.8 Å². The Morgan fingerprint density at radius 1 is 0.829 bits per heavy atom. The summed E-state index contributed by atoms with van der Waals surface area (Å²) in [4.78, 5) is 15.0. The molecule has 1 amide bonds. The largest absolute Gasteiger partial charge is 0.444 e. The fraction of sp³-hybridized carbons (Fsp3) is 0.387. The maximum atomic E-state index is 13.0. The monoisotopic (exact) mass is 470 g/mol. The molecule has 0 bridgehead atoms. The predicted molar refractivity (Wildman–Crippen MR) is 144 cm³/mol. The Morgan fingerprint density at radius 3 is 1.97 bits per heavy atom. The molecule has 0 aromatic heterocycles. The van der Waals surface area contributed by atoms with Crippen molar-refractivity contribution in [1.29, 1.82) is 0 Å². The normalized spacial score (nSPS) is 14.4. The summed E-state index contributed by atoms with van der Waals surface area (Å²) >= 11 is 0. The average Bonchev–Trinajstić information content (AvgIpc) is 2.87. The summed E-state index contributed by atoms with van der Waals surface area (Å²) in [6.07, 6.45) is 5.53. The van der Waals surface area contributed by atoms with Crippen molar-refractivity contribution < 1.29 is 9.53 Å². The zero-order chi connectivity index (χ0) is 24.7. The van der Waals surface area contributed by atoms with Crippen LogP contribution in [0, 0.1) is 0 Å². The lowest BCUT2D eigenvalue weighted by atomic mass is 9.94. The van der Waals surface area contributed by atoms with Gasteiger partial charge in [-0.05, 0) is 68.0 Å². The molecule has 3 aromatic carbocycles. The molecule has 4 rings (SSSR count). The molecule has 4 heteroatoms. The van der Waals surface area contributed by atoms with E-state index in [9.17, 15) is 4.79 Å². The Hall–Kier alpha value is -3.27. The number of hydrogen-bond acceptors (Lipinski definition) is 3. The van der Waals surface area contributed by atoms with Gasteiger partial charge in [-0.2, -0.15) is 0 Å². The minimum atomic E-state index is -0.489. The van der Waals surface area contributed by atoms with Gasteiger partial charge in [-0.1, -0.05) is 86.0 Å². The highest BCUT2D eigenvalue weighted by Gasteiger charge is 2.29. The zero-order valence-electron chi connectivity index (χ0n) is 21.3. The van der Waals surface area contributed by atoms with E-state index in [4.69, 9.17) is 4.74 Å². The first kappa shape index (κ1) is 24.8. The molecule has 0 saturated heterocycles. The number of benzene rings is 3. The maximum absolute atomic E-state index is 13.0. The quantitative estimate of drug-likeness (QED) is 0.380. The number of anilines is 1. The Labute approximate surface area is 210 Å². The molecule has 3 aromatic rings. The highest BCUT2D eigenvalue weighted by atomic mass is 16.6. The summed E-state index contributed by atoms with van der Waals surface area (Å²) in [5, 5.41) is 3.45. The van der Waals surface area contributed by atoms with Crippen LogP contribution in [0.3, 0.4) is 0 Å². The molecule has 0 aliphatic heterocycles. The Kier molecular flexibility index (Phi) is 8.12. The number of hydrogen-bond donors (Lipinski definition) is 1. The summed E-state index contributed by atoms with van der Waals surface area (Å²) in [6.45, 7) is 7.18. The van der Waals surface area contributed by atoms with E-state index < -0.39 is 5.60 Å². The molecule has 0 radical (unpaired) electrons. The van der Waals surface area contributed by atoms with Crippen molar-refractivity contribution in [3.8, 4) is 11.1 Å². The third-order valence-electron chi connectivity index (χ3n) is 6.51. The first-order valence-corrected chi connectivity index (χ1v) is 12.8. The van der Waals surface area contributed by atoms with Crippen molar-refractivity contribution in [2.45, 2.75) is 77.6 Å². The van der Waals surface area contributed by atoms with Gasteiger partial charge in [0.2, 0.25) is 0 Å². The van der Waals surface area contributed by atoms with Crippen LogP contribution in [0.1, 0.15) is 64.0 Å². The third kappa shape index (κ3) is 7.35. The van der Waals surface area contributed by atoms with Crippen LogP contribution in [0.2, 0.25) is 0 Å². The summed E-state index contributed by atoms with van der Waals surface area (Å²) in [6, 6.07) is 27.8. The summed E-state index contributed by atoms with van der Waals surface area (Å²) in [7, 11) is 0. The smallest absolute Gasteiger partial charge is 0.410 e. The van der Waals surface area contributed by atoms with Crippen LogP contribution >= 0.6 is 0 Å². The van der Waals surface area contributed by atoms with Gasteiger partial charge >= 0.3 is 6.09 Å². The van der Waals surface area contributed by atoms with Gasteiger partial charge in [0.25, 0.3) is 0 Å². The Balaban J connectivity index is 1.40. The summed E-state index contributed by atoms with van der Waals surface area (Å²) in [5.41, 5.74) is 5.38. The molecule has 1 fully saturated rings. The molecule has 0 unspecified atom stereocenters. The predicted octanol–water partition coefficient (Wildman–Crippen LogP) is 8.04. The first-order chi connectivity index (χ1) is 16.9. The van der Waals surface area contributed by atoms with E-state index in [1.807, 2.05) is 43.9 Å². The number of carbonyl (C=O) groups excluding carboxylic acids is 1. The SMILES string of the molecule is CC(C)(C)OC(=O)N(Cc1ccc(-c2ccc(CNc3ccccc3)cc2)cc1)C1CCCCC1. The molecule has 0 atom stereocenters. The van der Waals surface area contributed by atoms with Crippen LogP contribution in [0.5, 0.6) is 0 Å². The second-order valence-electron chi connectivity index (χ2n) is 10.5. The van der Waals surface area contributed by atoms with Crippen molar-refractivity contribution in [1.82, 2.24) is 4.90 Å². The highest BCUT2D eigenvalue weighted by molar-refractivity contribution is 5.69. The second kappa shape index (κ2) is 11.4. The first-order valence-electron chi connectivity index (χ1n) is 12.8. The fourth-order valence-corrected chi connectivity index (χ4v) is 4.63. The molecular formula is C31H38N2O2. The number of rotatable bonds is 7. The topological polar surface area (TPSA) is 41.6 Å². The van der Waals surface area contributed by atoms with Crippen LogP contribution in [0.4, 0.5) is 10.5 Å². The molecule has 1 N–H and O–H groups in total. The molecule has 1 aliphatic carbocycles. The maximum Gasteiger partial charge on any atom is 0.410 e. The minimum absolute atomic E-state index is 0.201. The Bertz CT molecular complexity index is 1060. The third-order valence-corrected chi connectivity index (χ3v) is 6.51. The van der Waals surface area contributed by atoms with Gasteiger partial charge in [0.05, 0.1) is 0 Å².